The fraction of sp³-hybridized carbons (Fsp3) is 0.647. The van der Waals surface area contributed by atoms with Gasteiger partial charge in [0, 0.05) is 24.3 Å². The zero-order valence-electron chi connectivity index (χ0n) is 14.0. The Morgan fingerprint density at radius 3 is 2.10 bits per heavy atom. The lowest BCUT2D eigenvalue weighted by atomic mass is 10.1. The summed E-state index contributed by atoms with van der Waals surface area (Å²) in [5.41, 5.74) is 7.66. The number of aromatic nitrogens is 1. The molecule has 2 N–H and O–H groups in total. The van der Waals surface area contributed by atoms with Gasteiger partial charge in [-0.1, -0.05) is 39.9 Å². The van der Waals surface area contributed by atoms with Gasteiger partial charge in [-0.3, -0.25) is 0 Å². The molecule has 0 saturated carbocycles. The summed E-state index contributed by atoms with van der Waals surface area (Å²) in [6.45, 7) is 13.1. The van der Waals surface area contributed by atoms with Crippen LogP contribution in [0.15, 0.2) is 12.1 Å². The zero-order valence-corrected chi connectivity index (χ0v) is 14.8. The largest absolute Gasteiger partial charge is 0.389 e. The second kappa shape index (κ2) is 8.32. The molecule has 0 amide bonds. The highest BCUT2D eigenvalue weighted by Gasteiger charge is 2.12. The van der Waals surface area contributed by atoms with Gasteiger partial charge in [0.1, 0.15) is 10.8 Å². The van der Waals surface area contributed by atoms with Crippen molar-refractivity contribution in [3.8, 4) is 0 Å². The fourth-order valence-corrected chi connectivity index (χ4v) is 2.24. The van der Waals surface area contributed by atoms with Gasteiger partial charge in [-0.2, -0.15) is 0 Å². The number of aryl methyl sites for hydroxylation is 1. The van der Waals surface area contributed by atoms with Crippen LogP contribution in [-0.4, -0.2) is 23.1 Å². The number of pyridine rings is 1. The van der Waals surface area contributed by atoms with Crippen LogP contribution in [0.1, 0.15) is 51.8 Å². The van der Waals surface area contributed by atoms with E-state index < -0.39 is 0 Å². The highest BCUT2D eigenvalue weighted by molar-refractivity contribution is 7.80. The Balaban J connectivity index is 2.97. The third-order valence-corrected chi connectivity index (χ3v) is 3.74. The van der Waals surface area contributed by atoms with E-state index in [0.29, 0.717) is 16.8 Å². The Morgan fingerprint density at radius 2 is 1.67 bits per heavy atom. The molecular formula is C17H29N3S. The molecule has 1 rings (SSSR count). The number of nitrogens with zero attached hydrogens (tertiary/aromatic N) is 2. The van der Waals surface area contributed by atoms with Crippen LogP contribution in [0.4, 0.5) is 5.82 Å². The summed E-state index contributed by atoms with van der Waals surface area (Å²) in [6, 6.07) is 3.98. The van der Waals surface area contributed by atoms with E-state index in [1.165, 1.54) is 0 Å². The van der Waals surface area contributed by atoms with Gasteiger partial charge >= 0.3 is 0 Å². The van der Waals surface area contributed by atoms with Crippen LogP contribution < -0.4 is 10.6 Å². The molecule has 0 unspecified atom stereocenters. The lowest BCUT2D eigenvalue weighted by Crippen LogP contribution is -2.29. The molecule has 0 aliphatic carbocycles. The predicted octanol–water partition coefficient (Wildman–Crippen LogP) is 3.92. The van der Waals surface area contributed by atoms with E-state index in [1.54, 1.807) is 0 Å². The number of hydrogen-bond acceptors (Lipinski definition) is 3. The van der Waals surface area contributed by atoms with Crippen LogP contribution in [0, 0.1) is 18.8 Å². The Kier molecular flexibility index (Phi) is 7.09. The maximum Gasteiger partial charge on any atom is 0.129 e. The smallest absolute Gasteiger partial charge is 0.129 e. The molecule has 0 bridgehead atoms. The van der Waals surface area contributed by atoms with Gasteiger partial charge in [0.15, 0.2) is 0 Å². The molecule has 4 heteroatoms. The van der Waals surface area contributed by atoms with Crippen LogP contribution >= 0.6 is 12.2 Å². The summed E-state index contributed by atoms with van der Waals surface area (Å²) in [5, 5.41) is 0. The molecular weight excluding hydrogens is 278 g/mol. The summed E-state index contributed by atoms with van der Waals surface area (Å²) in [7, 11) is 0. The second-order valence-corrected chi connectivity index (χ2v) is 7.01. The molecule has 0 spiro atoms. The van der Waals surface area contributed by atoms with E-state index in [4.69, 9.17) is 18.0 Å². The van der Waals surface area contributed by atoms with E-state index in [2.05, 4.69) is 37.6 Å². The van der Waals surface area contributed by atoms with Crippen LogP contribution in [0.2, 0.25) is 0 Å². The number of hydrogen-bond donors (Lipinski definition) is 1. The topological polar surface area (TPSA) is 42.1 Å². The molecule has 1 aromatic rings. The minimum absolute atomic E-state index is 0.439. The first kappa shape index (κ1) is 17.9. The van der Waals surface area contributed by atoms with Gasteiger partial charge in [-0.25, -0.2) is 4.98 Å². The third kappa shape index (κ3) is 6.42. The SMILES string of the molecule is Cc1cc(C(N)=S)cc(N(CCC(C)C)CCC(C)C)n1. The first-order valence-corrected chi connectivity index (χ1v) is 8.23. The third-order valence-electron chi connectivity index (χ3n) is 3.50. The van der Waals surface area contributed by atoms with Crippen molar-refractivity contribution >= 4 is 23.0 Å². The highest BCUT2D eigenvalue weighted by atomic mass is 32.1. The zero-order chi connectivity index (χ0) is 16.0. The van der Waals surface area contributed by atoms with E-state index in [-0.39, 0.29) is 0 Å². The average Bonchev–Trinajstić information content (AvgIpc) is 2.37. The molecule has 0 atom stereocenters. The van der Waals surface area contributed by atoms with Crippen molar-refractivity contribution in [3.63, 3.8) is 0 Å². The lowest BCUT2D eigenvalue weighted by Gasteiger charge is -2.26. The molecule has 0 saturated heterocycles. The number of nitrogens with two attached hydrogens (primary N) is 1. The summed E-state index contributed by atoms with van der Waals surface area (Å²) >= 11 is 5.11. The van der Waals surface area contributed by atoms with Crippen molar-refractivity contribution in [1.29, 1.82) is 0 Å². The summed E-state index contributed by atoms with van der Waals surface area (Å²) in [6.07, 6.45) is 2.33. The fourth-order valence-electron chi connectivity index (χ4n) is 2.12. The molecule has 3 nitrogen and oxygen atoms in total. The molecule has 21 heavy (non-hydrogen) atoms. The van der Waals surface area contributed by atoms with E-state index >= 15 is 0 Å². The van der Waals surface area contributed by atoms with Gasteiger partial charge in [-0.15, -0.1) is 0 Å². The lowest BCUT2D eigenvalue weighted by molar-refractivity contribution is 0.533. The molecule has 0 radical (unpaired) electrons. The number of thiocarbonyl (C=S) groups is 1. The van der Waals surface area contributed by atoms with Crippen molar-refractivity contribution in [2.45, 2.75) is 47.5 Å². The van der Waals surface area contributed by atoms with Crippen molar-refractivity contribution in [3.05, 3.63) is 23.4 Å². The Hall–Kier alpha value is -1.16. The van der Waals surface area contributed by atoms with Crippen LogP contribution in [0.25, 0.3) is 0 Å². The first-order valence-electron chi connectivity index (χ1n) is 7.83. The number of rotatable bonds is 8. The summed E-state index contributed by atoms with van der Waals surface area (Å²) in [5.74, 6) is 2.37. The number of anilines is 1. The van der Waals surface area contributed by atoms with Crippen LogP contribution in [-0.2, 0) is 0 Å². The highest BCUT2D eigenvalue weighted by Crippen LogP contribution is 2.18. The summed E-state index contributed by atoms with van der Waals surface area (Å²) < 4.78 is 0. The Bertz CT molecular complexity index is 457. The van der Waals surface area contributed by atoms with E-state index in [1.807, 2.05) is 19.1 Å². The van der Waals surface area contributed by atoms with Gasteiger partial charge in [-0.05, 0) is 43.7 Å². The molecule has 1 heterocycles. The molecule has 0 aliphatic rings. The quantitative estimate of drug-likeness (QED) is 0.739. The van der Waals surface area contributed by atoms with Crippen molar-refractivity contribution < 1.29 is 0 Å². The molecule has 0 aromatic carbocycles. The van der Waals surface area contributed by atoms with Gasteiger partial charge < -0.3 is 10.6 Å². The minimum atomic E-state index is 0.439. The van der Waals surface area contributed by atoms with Gasteiger partial charge in [0.05, 0.1) is 0 Å². The first-order chi connectivity index (χ1) is 9.79. The molecule has 1 aromatic heterocycles. The van der Waals surface area contributed by atoms with E-state index in [9.17, 15) is 0 Å². The monoisotopic (exact) mass is 307 g/mol. The van der Waals surface area contributed by atoms with Crippen molar-refractivity contribution in [2.75, 3.05) is 18.0 Å². The van der Waals surface area contributed by atoms with Crippen LogP contribution in [0.3, 0.4) is 0 Å². The predicted molar refractivity (Wildman–Crippen MR) is 96.0 cm³/mol. The maximum atomic E-state index is 5.78. The maximum absolute atomic E-state index is 5.78. The average molecular weight is 308 g/mol. The Labute approximate surface area is 134 Å². The minimum Gasteiger partial charge on any atom is -0.389 e. The van der Waals surface area contributed by atoms with E-state index in [0.717, 1.165) is 43.0 Å². The van der Waals surface area contributed by atoms with Gasteiger partial charge in [0.25, 0.3) is 0 Å². The Morgan fingerprint density at radius 1 is 1.14 bits per heavy atom. The standard InChI is InChI=1S/C17H29N3S/c1-12(2)6-8-20(9-7-13(3)4)16-11-15(17(18)21)10-14(5)19-16/h10-13H,6-9H2,1-5H3,(H2,18,21). The van der Waals surface area contributed by atoms with Crippen LogP contribution in [0.5, 0.6) is 0 Å². The molecule has 0 fully saturated rings. The summed E-state index contributed by atoms with van der Waals surface area (Å²) in [4.78, 5) is 7.49. The molecule has 0 aliphatic heterocycles. The van der Waals surface area contributed by atoms with Gasteiger partial charge in [0.2, 0.25) is 0 Å². The van der Waals surface area contributed by atoms with Crippen molar-refractivity contribution in [2.24, 2.45) is 17.6 Å². The normalized spacial score (nSPS) is 11.2. The second-order valence-electron chi connectivity index (χ2n) is 6.57. The molecule has 118 valence electrons. The van der Waals surface area contributed by atoms with Crippen molar-refractivity contribution in [1.82, 2.24) is 4.98 Å².